The molecule has 8 heteroatoms. The van der Waals surface area contributed by atoms with Gasteiger partial charge in [-0.15, -0.1) is 5.10 Å². The lowest BCUT2D eigenvalue weighted by Gasteiger charge is -2.25. The topological polar surface area (TPSA) is 103 Å². The molecule has 1 aliphatic heterocycles. The highest BCUT2D eigenvalue weighted by molar-refractivity contribution is 5.85. The van der Waals surface area contributed by atoms with Crippen molar-refractivity contribution in [2.75, 3.05) is 36.9 Å². The molecule has 1 aromatic heterocycles. The number of nitrogen functional groups attached to an aromatic ring is 1. The highest BCUT2D eigenvalue weighted by Crippen LogP contribution is 2.13. The predicted octanol–water partition coefficient (Wildman–Crippen LogP) is -0.294. The van der Waals surface area contributed by atoms with Crippen LogP contribution in [0.1, 0.15) is 24.6 Å². The summed E-state index contributed by atoms with van der Waals surface area (Å²) in [6.07, 6.45) is 0.274. The summed E-state index contributed by atoms with van der Waals surface area (Å²) in [5.74, 6) is 0.118. The van der Waals surface area contributed by atoms with E-state index in [0.717, 1.165) is 4.68 Å². The average molecular weight is 267 g/mol. The number of morpholine rings is 1. The number of nitrogens with zero attached hydrogens (tertiary/aromatic N) is 4. The van der Waals surface area contributed by atoms with E-state index in [9.17, 15) is 9.59 Å². The Labute approximate surface area is 110 Å². The molecule has 0 bridgehead atoms. The van der Waals surface area contributed by atoms with Gasteiger partial charge in [-0.05, 0) is 6.92 Å². The quantitative estimate of drug-likeness (QED) is 0.799. The van der Waals surface area contributed by atoms with Crippen LogP contribution in [0.15, 0.2) is 0 Å². The molecule has 0 radical (unpaired) electrons. The zero-order chi connectivity index (χ0) is 13.8. The van der Waals surface area contributed by atoms with Crippen LogP contribution in [0.5, 0.6) is 0 Å². The van der Waals surface area contributed by atoms with E-state index in [1.54, 1.807) is 0 Å². The minimum absolute atomic E-state index is 0.0413. The number of carbonyl (C=O) groups excluding carboxylic acids is 2. The Morgan fingerprint density at radius 3 is 2.63 bits per heavy atom. The SMILES string of the molecule is CC(=O)CCC(=O)n1nc(N2CCOCC2)nc1N. The number of anilines is 2. The Balaban J connectivity index is 2.07. The Morgan fingerprint density at radius 1 is 1.32 bits per heavy atom. The van der Waals surface area contributed by atoms with Crippen LogP contribution in [0, 0.1) is 0 Å². The fourth-order valence-corrected chi connectivity index (χ4v) is 1.78. The molecule has 0 unspecified atom stereocenters. The van der Waals surface area contributed by atoms with E-state index in [1.165, 1.54) is 6.92 Å². The number of aromatic nitrogens is 3. The lowest BCUT2D eigenvalue weighted by molar-refractivity contribution is -0.117. The van der Waals surface area contributed by atoms with Crippen molar-refractivity contribution in [1.29, 1.82) is 0 Å². The molecule has 0 saturated carbocycles. The van der Waals surface area contributed by atoms with Gasteiger partial charge in [0, 0.05) is 25.9 Å². The van der Waals surface area contributed by atoms with Crippen molar-refractivity contribution in [2.24, 2.45) is 0 Å². The molecule has 1 aliphatic rings. The van der Waals surface area contributed by atoms with Crippen LogP contribution in [-0.2, 0) is 9.53 Å². The predicted molar refractivity (Wildman–Crippen MR) is 68.0 cm³/mol. The molecule has 1 fully saturated rings. The van der Waals surface area contributed by atoms with E-state index in [0.29, 0.717) is 32.3 Å². The summed E-state index contributed by atoms with van der Waals surface area (Å²) in [6, 6.07) is 0. The molecule has 0 aliphatic carbocycles. The van der Waals surface area contributed by atoms with Crippen LogP contribution in [0.3, 0.4) is 0 Å². The van der Waals surface area contributed by atoms with Crippen molar-refractivity contribution in [3.05, 3.63) is 0 Å². The first-order valence-electron chi connectivity index (χ1n) is 6.16. The minimum Gasteiger partial charge on any atom is -0.378 e. The molecule has 2 rings (SSSR count). The van der Waals surface area contributed by atoms with Crippen molar-refractivity contribution in [1.82, 2.24) is 14.8 Å². The summed E-state index contributed by atoms with van der Waals surface area (Å²) in [7, 11) is 0. The van der Waals surface area contributed by atoms with Crippen molar-refractivity contribution in [3.8, 4) is 0 Å². The Morgan fingerprint density at radius 2 is 2.00 bits per heavy atom. The highest BCUT2D eigenvalue weighted by atomic mass is 16.5. The van der Waals surface area contributed by atoms with Crippen LogP contribution < -0.4 is 10.6 Å². The number of ether oxygens (including phenoxy) is 1. The van der Waals surface area contributed by atoms with E-state index >= 15 is 0 Å². The summed E-state index contributed by atoms with van der Waals surface area (Å²) in [4.78, 5) is 28.7. The largest absolute Gasteiger partial charge is 0.378 e. The number of hydrogen-bond acceptors (Lipinski definition) is 7. The number of nitrogens with two attached hydrogens (primary N) is 1. The van der Waals surface area contributed by atoms with Gasteiger partial charge in [0.15, 0.2) is 0 Å². The number of carbonyl (C=O) groups is 2. The molecule has 104 valence electrons. The maximum absolute atomic E-state index is 11.9. The van der Waals surface area contributed by atoms with Gasteiger partial charge in [-0.3, -0.25) is 4.79 Å². The second kappa shape index (κ2) is 5.79. The van der Waals surface area contributed by atoms with Crippen LogP contribution in [0.25, 0.3) is 0 Å². The van der Waals surface area contributed by atoms with Gasteiger partial charge in [-0.1, -0.05) is 0 Å². The summed E-state index contributed by atoms with van der Waals surface area (Å²) in [5, 5.41) is 4.10. The normalized spacial score (nSPS) is 15.5. The zero-order valence-corrected chi connectivity index (χ0v) is 10.8. The summed E-state index contributed by atoms with van der Waals surface area (Å²) in [6.45, 7) is 3.99. The number of hydrogen-bond donors (Lipinski definition) is 1. The first-order chi connectivity index (χ1) is 9.08. The fraction of sp³-hybridized carbons (Fsp3) is 0.636. The third-order valence-corrected chi connectivity index (χ3v) is 2.84. The monoisotopic (exact) mass is 267 g/mol. The molecular formula is C11H17N5O3. The minimum atomic E-state index is -0.320. The number of rotatable bonds is 4. The molecule has 0 spiro atoms. The molecule has 0 amide bonds. The van der Waals surface area contributed by atoms with Crippen molar-refractivity contribution < 1.29 is 14.3 Å². The van der Waals surface area contributed by atoms with Gasteiger partial charge in [0.05, 0.1) is 13.2 Å². The number of ketones is 1. The molecular weight excluding hydrogens is 250 g/mol. The third kappa shape index (κ3) is 3.28. The van der Waals surface area contributed by atoms with Crippen LogP contribution in [0.2, 0.25) is 0 Å². The zero-order valence-electron chi connectivity index (χ0n) is 10.8. The van der Waals surface area contributed by atoms with Crippen LogP contribution in [0.4, 0.5) is 11.9 Å². The lowest BCUT2D eigenvalue weighted by atomic mass is 10.2. The standard InChI is InChI=1S/C11H17N5O3/c1-8(17)2-3-9(18)16-10(12)13-11(14-16)15-4-6-19-7-5-15/h2-7H2,1H3,(H2,12,13,14). The second-order valence-electron chi connectivity index (χ2n) is 4.38. The first kappa shape index (κ1) is 13.5. The highest BCUT2D eigenvalue weighted by Gasteiger charge is 2.20. The van der Waals surface area contributed by atoms with E-state index in [1.807, 2.05) is 4.90 Å². The van der Waals surface area contributed by atoms with E-state index in [2.05, 4.69) is 10.1 Å². The van der Waals surface area contributed by atoms with E-state index in [-0.39, 0.29) is 30.5 Å². The van der Waals surface area contributed by atoms with E-state index in [4.69, 9.17) is 10.5 Å². The maximum Gasteiger partial charge on any atom is 0.250 e. The molecule has 1 saturated heterocycles. The van der Waals surface area contributed by atoms with Crippen molar-refractivity contribution >= 4 is 23.6 Å². The van der Waals surface area contributed by atoms with Gasteiger partial charge in [-0.2, -0.15) is 9.67 Å². The number of Topliss-reactive ketones (excluding diaryl/α,β-unsaturated/α-hetero) is 1. The molecule has 0 aromatic carbocycles. The van der Waals surface area contributed by atoms with Gasteiger partial charge < -0.3 is 20.2 Å². The Hall–Kier alpha value is -1.96. The molecule has 0 atom stereocenters. The van der Waals surface area contributed by atoms with Gasteiger partial charge in [0.25, 0.3) is 5.91 Å². The Bertz CT molecular complexity index is 479. The first-order valence-corrected chi connectivity index (χ1v) is 6.16. The van der Waals surface area contributed by atoms with Gasteiger partial charge >= 0.3 is 0 Å². The lowest BCUT2D eigenvalue weighted by Crippen LogP contribution is -2.37. The molecule has 2 heterocycles. The van der Waals surface area contributed by atoms with Gasteiger partial charge in [0.2, 0.25) is 11.9 Å². The third-order valence-electron chi connectivity index (χ3n) is 2.84. The van der Waals surface area contributed by atoms with Crippen molar-refractivity contribution in [2.45, 2.75) is 19.8 Å². The van der Waals surface area contributed by atoms with Crippen LogP contribution >= 0.6 is 0 Å². The molecule has 2 N–H and O–H groups in total. The smallest absolute Gasteiger partial charge is 0.250 e. The van der Waals surface area contributed by atoms with Gasteiger partial charge in [0.1, 0.15) is 5.78 Å². The summed E-state index contributed by atoms with van der Waals surface area (Å²) >= 11 is 0. The fourth-order valence-electron chi connectivity index (χ4n) is 1.78. The van der Waals surface area contributed by atoms with Crippen molar-refractivity contribution in [3.63, 3.8) is 0 Å². The average Bonchev–Trinajstić information content (AvgIpc) is 2.79. The summed E-state index contributed by atoms with van der Waals surface area (Å²) in [5.41, 5.74) is 5.68. The summed E-state index contributed by atoms with van der Waals surface area (Å²) < 4.78 is 6.29. The van der Waals surface area contributed by atoms with Gasteiger partial charge in [-0.25, -0.2) is 0 Å². The van der Waals surface area contributed by atoms with E-state index < -0.39 is 0 Å². The van der Waals surface area contributed by atoms with Crippen LogP contribution in [-0.4, -0.2) is 52.8 Å². The maximum atomic E-state index is 11.9. The second-order valence-corrected chi connectivity index (χ2v) is 4.38. The Kier molecular flexibility index (Phi) is 4.10. The molecule has 19 heavy (non-hydrogen) atoms. The molecule has 1 aromatic rings. The molecule has 8 nitrogen and oxygen atoms in total.